The molecule has 0 unspecified atom stereocenters. The van der Waals surface area contributed by atoms with Gasteiger partial charge in [-0.15, -0.1) is 0 Å². The lowest BCUT2D eigenvalue weighted by atomic mass is 9.97. The summed E-state index contributed by atoms with van der Waals surface area (Å²) in [6.07, 6.45) is -5.50. The van der Waals surface area contributed by atoms with Crippen molar-refractivity contribution < 1.29 is 33.0 Å². The molecule has 1 aromatic heterocycles. The molecule has 0 aliphatic heterocycles. The quantitative estimate of drug-likeness (QED) is 0.567. The number of carboxylic acids is 1. The van der Waals surface area contributed by atoms with E-state index in [1.54, 1.807) is 30.3 Å². The molecule has 156 valence electrons. The molecule has 30 heavy (non-hydrogen) atoms. The maximum atomic E-state index is 13.3. The van der Waals surface area contributed by atoms with Crippen LogP contribution in [0.5, 0.6) is 5.88 Å². The van der Waals surface area contributed by atoms with Crippen LogP contribution in [-0.2, 0) is 11.0 Å². The molecule has 7 nitrogen and oxygen atoms in total. The Balaban J connectivity index is 1.92. The predicted molar refractivity (Wildman–Crippen MR) is 99.1 cm³/mol. The minimum absolute atomic E-state index is 0.281. The molecule has 0 aliphatic rings. The van der Waals surface area contributed by atoms with Crippen molar-refractivity contribution in [1.82, 2.24) is 15.1 Å². The van der Waals surface area contributed by atoms with Gasteiger partial charge in [0.15, 0.2) is 5.69 Å². The van der Waals surface area contributed by atoms with Gasteiger partial charge in [-0.2, -0.15) is 18.3 Å². The lowest BCUT2D eigenvalue weighted by Crippen LogP contribution is -2.32. The Labute approximate surface area is 168 Å². The number of aliphatic carboxylic acids is 1. The van der Waals surface area contributed by atoms with E-state index in [2.05, 4.69) is 10.4 Å². The van der Waals surface area contributed by atoms with Crippen LogP contribution >= 0.6 is 0 Å². The number of para-hydroxylation sites is 1. The van der Waals surface area contributed by atoms with E-state index >= 15 is 0 Å². The van der Waals surface area contributed by atoms with Crippen LogP contribution in [0.4, 0.5) is 13.2 Å². The Morgan fingerprint density at radius 3 is 2.33 bits per heavy atom. The molecule has 0 fully saturated rings. The van der Waals surface area contributed by atoms with Crippen molar-refractivity contribution in [2.24, 2.45) is 0 Å². The van der Waals surface area contributed by atoms with Crippen LogP contribution in [0, 0.1) is 0 Å². The maximum Gasteiger partial charge on any atom is 0.416 e. The van der Waals surface area contributed by atoms with E-state index in [0.29, 0.717) is 5.69 Å². The highest BCUT2D eigenvalue weighted by Gasteiger charge is 2.36. The summed E-state index contributed by atoms with van der Waals surface area (Å²) >= 11 is 0. The monoisotopic (exact) mass is 419 g/mol. The van der Waals surface area contributed by atoms with Gasteiger partial charge in [-0.3, -0.25) is 9.59 Å². The largest absolute Gasteiger partial charge is 0.493 e. The number of benzene rings is 2. The zero-order valence-electron chi connectivity index (χ0n) is 15.3. The Morgan fingerprint density at radius 1 is 1.07 bits per heavy atom. The molecule has 3 rings (SSSR count). The molecule has 3 N–H and O–H groups in total. The summed E-state index contributed by atoms with van der Waals surface area (Å²) in [5, 5.41) is 25.4. The van der Waals surface area contributed by atoms with Crippen LogP contribution in [0.2, 0.25) is 0 Å². The van der Waals surface area contributed by atoms with Crippen molar-refractivity contribution in [2.75, 3.05) is 0 Å². The van der Waals surface area contributed by atoms with E-state index in [1.807, 2.05) is 0 Å². The van der Waals surface area contributed by atoms with Gasteiger partial charge in [-0.05, 0) is 23.8 Å². The van der Waals surface area contributed by atoms with E-state index in [1.165, 1.54) is 12.1 Å². The van der Waals surface area contributed by atoms with Crippen LogP contribution in [-0.4, -0.2) is 31.9 Å². The molecular formula is C20H16F3N3O4. The van der Waals surface area contributed by atoms with E-state index in [4.69, 9.17) is 5.11 Å². The summed E-state index contributed by atoms with van der Waals surface area (Å²) in [4.78, 5) is 23.8. The number of halogens is 3. The van der Waals surface area contributed by atoms with Crippen molar-refractivity contribution in [3.63, 3.8) is 0 Å². The summed E-state index contributed by atoms with van der Waals surface area (Å²) < 4.78 is 41.1. The second-order valence-electron chi connectivity index (χ2n) is 6.34. The van der Waals surface area contributed by atoms with Gasteiger partial charge in [0.25, 0.3) is 5.91 Å². The number of alkyl halides is 3. The first kappa shape index (κ1) is 20.9. The van der Waals surface area contributed by atoms with Gasteiger partial charge < -0.3 is 15.5 Å². The van der Waals surface area contributed by atoms with Gasteiger partial charge in [-0.1, -0.05) is 36.4 Å². The molecule has 2 aromatic carbocycles. The Hall–Kier alpha value is -3.82. The number of nitrogens with one attached hydrogen (secondary N) is 1. The molecule has 0 radical (unpaired) electrons. The van der Waals surface area contributed by atoms with Gasteiger partial charge in [0.2, 0.25) is 5.88 Å². The van der Waals surface area contributed by atoms with Gasteiger partial charge in [0.1, 0.15) is 0 Å². The van der Waals surface area contributed by atoms with Gasteiger partial charge in [-0.25, -0.2) is 4.68 Å². The molecule has 3 aromatic rings. The van der Waals surface area contributed by atoms with Crippen LogP contribution in [0.1, 0.15) is 34.1 Å². The second-order valence-corrected chi connectivity index (χ2v) is 6.34. The van der Waals surface area contributed by atoms with Crippen molar-refractivity contribution in [1.29, 1.82) is 0 Å². The van der Waals surface area contributed by atoms with Crippen molar-refractivity contribution in [3.8, 4) is 11.6 Å². The SMILES string of the molecule is O=C(O)C[C@H](NC(=O)c1cc(O)n(-c2ccccc2)n1)c1ccccc1C(F)(F)F. The van der Waals surface area contributed by atoms with Gasteiger partial charge in [0, 0.05) is 6.07 Å². The number of hydrogen-bond acceptors (Lipinski definition) is 4. The highest BCUT2D eigenvalue weighted by molar-refractivity contribution is 5.93. The lowest BCUT2D eigenvalue weighted by Gasteiger charge is -2.21. The first-order valence-electron chi connectivity index (χ1n) is 8.70. The van der Waals surface area contributed by atoms with E-state index in [-0.39, 0.29) is 17.1 Å². The molecule has 0 saturated carbocycles. The number of carbonyl (C=O) groups is 2. The summed E-state index contributed by atoms with van der Waals surface area (Å²) in [6.45, 7) is 0. The lowest BCUT2D eigenvalue weighted by molar-refractivity contribution is -0.140. The Morgan fingerprint density at radius 2 is 1.70 bits per heavy atom. The van der Waals surface area contributed by atoms with E-state index in [9.17, 15) is 27.9 Å². The smallest absolute Gasteiger partial charge is 0.416 e. The fraction of sp³-hybridized carbons (Fsp3) is 0.150. The summed E-state index contributed by atoms with van der Waals surface area (Å²) in [7, 11) is 0. The Kier molecular flexibility index (Phi) is 5.77. The molecule has 0 spiro atoms. The number of aromatic nitrogens is 2. The number of amides is 1. The first-order valence-corrected chi connectivity index (χ1v) is 8.70. The number of aromatic hydroxyl groups is 1. The molecule has 0 aliphatic carbocycles. The van der Waals surface area contributed by atoms with Crippen LogP contribution < -0.4 is 5.32 Å². The molecule has 1 heterocycles. The zero-order valence-corrected chi connectivity index (χ0v) is 15.3. The Bertz CT molecular complexity index is 1060. The molecule has 10 heteroatoms. The molecular weight excluding hydrogens is 403 g/mol. The first-order chi connectivity index (χ1) is 14.2. The zero-order chi connectivity index (χ0) is 21.9. The van der Waals surface area contributed by atoms with Crippen LogP contribution in [0.25, 0.3) is 5.69 Å². The van der Waals surface area contributed by atoms with Crippen LogP contribution in [0.3, 0.4) is 0 Å². The summed E-state index contributed by atoms with van der Waals surface area (Å²) in [5.74, 6) is -2.69. The predicted octanol–water partition coefficient (Wildman–Crippen LogP) is 3.54. The second kappa shape index (κ2) is 8.27. The standard InChI is InChI=1S/C20H16F3N3O4/c21-20(22,23)14-9-5-4-8-13(14)15(11-18(28)29)24-19(30)16-10-17(27)26(25-16)12-6-2-1-3-7-12/h1-10,15,27H,11H2,(H,24,30)(H,28,29)/t15-/m0/s1. The fourth-order valence-electron chi connectivity index (χ4n) is 2.95. The molecule has 0 saturated heterocycles. The third-order valence-corrected chi connectivity index (χ3v) is 4.25. The highest BCUT2D eigenvalue weighted by Crippen LogP contribution is 2.35. The number of rotatable bonds is 6. The topological polar surface area (TPSA) is 104 Å². The van der Waals surface area contributed by atoms with E-state index in [0.717, 1.165) is 22.9 Å². The number of hydrogen-bond donors (Lipinski definition) is 3. The number of carboxylic acid groups (broad SMARTS) is 1. The molecule has 1 amide bonds. The molecule has 1 atom stereocenters. The molecule has 0 bridgehead atoms. The number of nitrogens with zero attached hydrogens (tertiary/aromatic N) is 2. The van der Waals surface area contributed by atoms with Crippen molar-refractivity contribution in [2.45, 2.75) is 18.6 Å². The third-order valence-electron chi connectivity index (χ3n) is 4.25. The van der Waals surface area contributed by atoms with Crippen molar-refractivity contribution in [3.05, 3.63) is 77.5 Å². The normalized spacial score (nSPS) is 12.4. The minimum Gasteiger partial charge on any atom is -0.493 e. The van der Waals surface area contributed by atoms with Gasteiger partial charge >= 0.3 is 12.1 Å². The highest BCUT2D eigenvalue weighted by atomic mass is 19.4. The van der Waals surface area contributed by atoms with Crippen molar-refractivity contribution >= 4 is 11.9 Å². The summed E-state index contributed by atoms with van der Waals surface area (Å²) in [6, 6.07) is 12.4. The minimum atomic E-state index is -4.73. The maximum absolute atomic E-state index is 13.3. The fourth-order valence-corrected chi connectivity index (χ4v) is 2.95. The average molecular weight is 419 g/mol. The van der Waals surface area contributed by atoms with Gasteiger partial charge in [0.05, 0.1) is 23.7 Å². The third kappa shape index (κ3) is 4.59. The average Bonchev–Trinajstić information content (AvgIpc) is 3.09. The van der Waals surface area contributed by atoms with E-state index < -0.39 is 36.1 Å². The summed E-state index contributed by atoms with van der Waals surface area (Å²) in [5.41, 5.74) is -1.25. The van der Waals surface area contributed by atoms with Crippen LogP contribution in [0.15, 0.2) is 60.7 Å². The number of carbonyl (C=O) groups excluding carboxylic acids is 1.